The molecule has 4 nitrogen and oxygen atoms in total. The van der Waals surface area contributed by atoms with Gasteiger partial charge < -0.3 is 10.2 Å². The van der Waals surface area contributed by atoms with Crippen LogP contribution in [0.25, 0.3) is 0 Å². The average molecular weight is 479 g/mol. The number of aromatic hydroxyl groups is 2. The lowest BCUT2D eigenvalue weighted by atomic mass is 9.83. The van der Waals surface area contributed by atoms with E-state index in [-0.39, 0.29) is 10.8 Å². The third-order valence-corrected chi connectivity index (χ3v) is 8.02. The molecule has 2 N–H and O–H groups in total. The van der Waals surface area contributed by atoms with Crippen molar-refractivity contribution in [2.24, 2.45) is 0 Å². The molecule has 4 heteroatoms. The summed E-state index contributed by atoms with van der Waals surface area (Å²) in [6.07, 6.45) is 4.94. The van der Waals surface area contributed by atoms with Crippen molar-refractivity contribution in [1.82, 2.24) is 9.80 Å². The summed E-state index contributed by atoms with van der Waals surface area (Å²) >= 11 is 0. The van der Waals surface area contributed by atoms with Gasteiger partial charge in [0.05, 0.1) is 6.67 Å². The Bertz CT molecular complexity index is 991. The van der Waals surface area contributed by atoms with Crippen molar-refractivity contribution in [1.29, 1.82) is 0 Å². The molecule has 35 heavy (non-hydrogen) atoms. The van der Waals surface area contributed by atoms with Crippen LogP contribution < -0.4 is 0 Å². The third-order valence-electron chi connectivity index (χ3n) is 8.02. The minimum Gasteiger partial charge on any atom is -0.507 e. The van der Waals surface area contributed by atoms with E-state index in [1.807, 2.05) is 0 Å². The Kier molecular flexibility index (Phi) is 7.02. The Morgan fingerprint density at radius 1 is 0.686 bits per heavy atom. The first-order valence-corrected chi connectivity index (χ1v) is 13.4. The van der Waals surface area contributed by atoms with Gasteiger partial charge in [0.25, 0.3) is 0 Å². The normalized spacial score (nSPS) is 21.9. The summed E-state index contributed by atoms with van der Waals surface area (Å²) in [5, 5.41) is 22.4. The predicted molar refractivity (Wildman–Crippen MR) is 145 cm³/mol. The van der Waals surface area contributed by atoms with E-state index in [0.29, 0.717) is 23.6 Å². The fraction of sp³-hybridized carbons (Fsp3) is 0.613. The molecule has 1 heterocycles. The van der Waals surface area contributed by atoms with E-state index in [9.17, 15) is 10.2 Å². The van der Waals surface area contributed by atoms with E-state index in [1.165, 1.54) is 36.8 Å². The minimum atomic E-state index is -0.0945. The number of nitrogens with zero attached hydrogens (tertiary/aromatic N) is 2. The Morgan fingerprint density at radius 3 is 1.40 bits per heavy atom. The molecule has 2 aliphatic rings. The second-order valence-corrected chi connectivity index (χ2v) is 13.2. The van der Waals surface area contributed by atoms with Crippen LogP contribution in [0.3, 0.4) is 0 Å². The zero-order chi connectivity index (χ0) is 25.7. The van der Waals surface area contributed by atoms with Gasteiger partial charge in [-0.2, -0.15) is 0 Å². The molecule has 1 saturated carbocycles. The third kappa shape index (κ3) is 5.39. The van der Waals surface area contributed by atoms with Crippen molar-refractivity contribution in [2.45, 2.75) is 117 Å². The van der Waals surface area contributed by atoms with Crippen LogP contribution in [-0.2, 0) is 23.9 Å². The molecule has 2 aromatic rings. The highest BCUT2D eigenvalue weighted by Crippen LogP contribution is 2.40. The van der Waals surface area contributed by atoms with Gasteiger partial charge in [-0.15, -0.1) is 0 Å². The summed E-state index contributed by atoms with van der Waals surface area (Å²) in [4.78, 5) is 5.14. The Balaban J connectivity index is 1.62. The molecule has 0 unspecified atom stereocenters. The van der Waals surface area contributed by atoms with Crippen LogP contribution in [0.1, 0.15) is 101 Å². The van der Waals surface area contributed by atoms with Crippen molar-refractivity contribution in [2.75, 3.05) is 6.67 Å². The predicted octanol–water partition coefficient (Wildman–Crippen LogP) is 6.90. The number of phenols is 2. The summed E-state index contributed by atoms with van der Waals surface area (Å²) in [5.41, 5.74) is 6.36. The van der Waals surface area contributed by atoms with Crippen LogP contribution in [0.15, 0.2) is 24.3 Å². The van der Waals surface area contributed by atoms with Crippen LogP contribution in [0.4, 0.5) is 0 Å². The van der Waals surface area contributed by atoms with Crippen LogP contribution >= 0.6 is 0 Å². The second kappa shape index (κ2) is 9.44. The zero-order valence-corrected chi connectivity index (χ0v) is 23.2. The molecule has 1 aliphatic heterocycles. The standard InChI is InChI=1S/C31H46N2O2/c1-20-13-22(28(34)24(15-20)30(3,4)5)17-32-19-33(27-12-10-9-11-26(27)32)18-23-14-21(2)16-25(29(23)35)31(6,7)8/h13-16,26-27,34-35H,9-12,17-19H2,1-8H3/t26-,27-/m1/s1. The molecule has 1 saturated heterocycles. The van der Waals surface area contributed by atoms with Crippen LogP contribution in [0.2, 0.25) is 0 Å². The first-order valence-electron chi connectivity index (χ1n) is 13.4. The minimum absolute atomic E-state index is 0.0945. The lowest BCUT2D eigenvalue weighted by molar-refractivity contribution is 0.196. The molecule has 1 aliphatic carbocycles. The van der Waals surface area contributed by atoms with Gasteiger partial charge in [0.15, 0.2) is 0 Å². The van der Waals surface area contributed by atoms with Gasteiger partial charge in [0.2, 0.25) is 0 Å². The maximum Gasteiger partial charge on any atom is 0.123 e. The summed E-state index contributed by atoms with van der Waals surface area (Å²) in [6, 6.07) is 9.57. The Morgan fingerprint density at radius 2 is 1.06 bits per heavy atom. The molecular weight excluding hydrogens is 432 g/mol. The highest BCUT2D eigenvalue weighted by atomic mass is 16.3. The smallest absolute Gasteiger partial charge is 0.123 e. The molecule has 2 fully saturated rings. The van der Waals surface area contributed by atoms with Crippen molar-refractivity contribution in [3.8, 4) is 11.5 Å². The lowest BCUT2D eigenvalue weighted by Gasteiger charge is -2.33. The van der Waals surface area contributed by atoms with E-state index in [2.05, 4.69) is 89.5 Å². The first-order chi connectivity index (χ1) is 16.3. The fourth-order valence-electron chi connectivity index (χ4n) is 6.25. The van der Waals surface area contributed by atoms with Gasteiger partial charge in [0.1, 0.15) is 11.5 Å². The Hall–Kier alpha value is -2.04. The number of aryl methyl sites for hydroxylation is 2. The number of benzene rings is 2. The number of phenolic OH excluding ortho intramolecular Hbond substituents is 2. The van der Waals surface area contributed by atoms with Gasteiger partial charge in [-0.1, -0.05) is 89.8 Å². The maximum absolute atomic E-state index is 11.2. The number of hydrogen-bond donors (Lipinski definition) is 2. The van der Waals surface area contributed by atoms with Crippen LogP contribution in [0.5, 0.6) is 11.5 Å². The van der Waals surface area contributed by atoms with Crippen LogP contribution in [0, 0.1) is 13.8 Å². The molecule has 0 aromatic heterocycles. The molecule has 0 bridgehead atoms. The van der Waals surface area contributed by atoms with Crippen molar-refractivity contribution < 1.29 is 10.2 Å². The monoisotopic (exact) mass is 478 g/mol. The number of rotatable bonds is 4. The van der Waals surface area contributed by atoms with Gasteiger partial charge in [-0.3, -0.25) is 9.80 Å². The summed E-state index contributed by atoms with van der Waals surface area (Å²) in [7, 11) is 0. The topological polar surface area (TPSA) is 46.9 Å². The maximum atomic E-state index is 11.2. The van der Waals surface area contributed by atoms with E-state index >= 15 is 0 Å². The average Bonchev–Trinajstić information content (AvgIpc) is 3.08. The molecule has 2 aromatic carbocycles. The van der Waals surface area contributed by atoms with Gasteiger partial charge in [-0.25, -0.2) is 0 Å². The van der Waals surface area contributed by atoms with E-state index in [4.69, 9.17) is 0 Å². The van der Waals surface area contributed by atoms with Crippen molar-refractivity contribution in [3.05, 3.63) is 57.6 Å². The van der Waals surface area contributed by atoms with E-state index in [0.717, 1.165) is 42.0 Å². The molecule has 4 rings (SSSR count). The number of fused-ring (bicyclic) bond motifs is 1. The molecular formula is C31H46N2O2. The molecule has 0 amide bonds. The van der Waals surface area contributed by atoms with Gasteiger partial charge in [0, 0.05) is 36.3 Å². The zero-order valence-electron chi connectivity index (χ0n) is 23.2. The van der Waals surface area contributed by atoms with Crippen molar-refractivity contribution >= 4 is 0 Å². The highest BCUT2D eigenvalue weighted by Gasteiger charge is 2.41. The summed E-state index contributed by atoms with van der Waals surface area (Å²) in [5.74, 6) is 0.917. The Labute approximate surface area is 213 Å². The van der Waals surface area contributed by atoms with E-state index < -0.39 is 0 Å². The first kappa shape index (κ1) is 26.0. The molecule has 0 spiro atoms. The largest absolute Gasteiger partial charge is 0.507 e. The molecule has 2 atom stereocenters. The fourth-order valence-corrected chi connectivity index (χ4v) is 6.25. The highest BCUT2D eigenvalue weighted by molar-refractivity contribution is 5.48. The van der Waals surface area contributed by atoms with Crippen molar-refractivity contribution in [3.63, 3.8) is 0 Å². The molecule has 192 valence electrons. The SMILES string of the molecule is Cc1cc(CN2CN(Cc3cc(C)cc(C(C)(C)C)c3O)[C@@H]3CCCC[C@H]32)c(O)c(C(C)(C)C)c1. The van der Waals surface area contributed by atoms with Gasteiger partial charge >= 0.3 is 0 Å². The summed E-state index contributed by atoms with van der Waals surface area (Å²) < 4.78 is 0. The summed E-state index contributed by atoms with van der Waals surface area (Å²) in [6.45, 7) is 19.7. The molecule has 0 radical (unpaired) electrons. The lowest BCUT2D eigenvalue weighted by Crippen LogP contribution is -2.39. The van der Waals surface area contributed by atoms with Crippen LogP contribution in [-0.4, -0.2) is 38.8 Å². The number of hydrogen-bond acceptors (Lipinski definition) is 4. The van der Waals surface area contributed by atoms with E-state index in [1.54, 1.807) is 0 Å². The second-order valence-electron chi connectivity index (χ2n) is 13.2. The quantitative estimate of drug-likeness (QED) is 0.502. The van der Waals surface area contributed by atoms with Gasteiger partial charge in [-0.05, 0) is 48.6 Å².